The smallest absolute Gasteiger partial charge is 0.138 e. The van der Waals surface area contributed by atoms with E-state index in [0.717, 1.165) is 29.7 Å². The quantitative estimate of drug-likeness (QED) is 0.826. The van der Waals surface area contributed by atoms with E-state index >= 15 is 0 Å². The van der Waals surface area contributed by atoms with Crippen LogP contribution in [0, 0.1) is 0 Å². The highest BCUT2D eigenvalue weighted by Gasteiger charge is 2.15. The highest BCUT2D eigenvalue weighted by Crippen LogP contribution is 2.19. The Morgan fingerprint density at radius 1 is 1.33 bits per heavy atom. The van der Waals surface area contributed by atoms with Crippen LogP contribution in [0.2, 0.25) is 0 Å². The van der Waals surface area contributed by atoms with Crippen LogP contribution in [-0.2, 0) is 4.74 Å². The predicted octanol–water partition coefficient (Wildman–Crippen LogP) is 3.18. The van der Waals surface area contributed by atoms with Crippen LogP contribution in [0.3, 0.4) is 0 Å². The Hall–Kier alpha value is -1.61. The van der Waals surface area contributed by atoms with E-state index in [2.05, 4.69) is 11.1 Å². The van der Waals surface area contributed by atoms with Crippen molar-refractivity contribution in [2.24, 2.45) is 0 Å². The maximum Gasteiger partial charge on any atom is 0.138 e. The van der Waals surface area contributed by atoms with Gasteiger partial charge >= 0.3 is 0 Å². The Labute approximate surface area is 107 Å². The molecule has 0 aliphatic carbocycles. The number of pyridine rings is 1. The van der Waals surface area contributed by atoms with E-state index in [-0.39, 0.29) is 0 Å². The Bertz CT molecular complexity index is 521. The first-order chi connectivity index (χ1) is 8.92. The molecular weight excluding hydrogens is 226 g/mol. The van der Waals surface area contributed by atoms with Gasteiger partial charge in [-0.1, -0.05) is 18.2 Å². The Balaban J connectivity index is 1.60. The molecule has 1 atom stereocenters. The minimum atomic E-state index is 0.387. The highest BCUT2D eigenvalue weighted by atomic mass is 16.5. The number of nitrogens with zero attached hydrogens (tertiary/aromatic N) is 1. The van der Waals surface area contributed by atoms with Gasteiger partial charge < -0.3 is 9.47 Å². The summed E-state index contributed by atoms with van der Waals surface area (Å²) < 4.78 is 11.3. The molecule has 1 aromatic heterocycles. The largest absolute Gasteiger partial charge is 0.492 e. The monoisotopic (exact) mass is 243 g/mol. The van der Waals surface area contributed by atoms with Gasteiger partial charge in [-0.25, -0.2) is 0 Å². The molecule has 1 aliphatic heterocycles. The molecule has 1 saturated heterocycles. The number of benzene rings is 1. The molecule has 0 amide bonds. The molecule has 0 N–H and O–H groups in total. The van der Waals surface area contributed by atoms with E-state index < -0.39 is 0 Å². The van der Waals surface area contributed by atoms with E-state index in [0.29, 0.717) is 12.7 Å². The zero-order valence-corrected chi connectivity index (χ0v) is 10.3. The lowest BCUT2D eigenvalue weighted by Gasteiger charge is -2.10. The fourth-order valence-corrected chi connectivity index (χ4v) is 2.31. The lowest BCUT2D eigenvalue weighted by Crippen LogP contribution is -2.10. The molecule has 1 aliphatic rings. The van der Waals surface area contributed by atoms with Crippen LogP contribution in [0.15, 0.2) is 36.5 Å². The van der Waals surface area contributed by atoms with E-state index in [9.17, 15) is 0 Å². The summed E-state index contributed by atoms with van der Waals surface area (Å²) in [6.45, 7) is 1.60. The maximum absolute atomic E-state index is 5.73. The van der Waals surface area contributed by atoms with Gasteiger partial charge in [-0.05, 0) is 25.0 Å². The average molecular weight is 243 g/mol. The third-order valence-corrected chi connectivity index (χ3v) is 3.30. The van der Waals surface area contributed by atoms with Gasteiger partial charge in [0.1, 0.15) is 5.75 Å². The van der Waals surface area contributed by atoms with Crippen molar-refractivity contribution >= 4 is 10.9 Å². The van der Waals surface area contributed by atoms with Crippen LogP contribution in [0.4, 0.5) is 0 Å². The molecule has 0 bridgehead atoms. The topological polar surface area (TPSA) is 31.4 Å². The van der Waals surface area contributed by atoms with Crippen molar-refractivity contribution in [3.63, 3.8) is 0 Å². The normalized spacial score (nSPS) is 19.2. The summed E-state index contributed by atoms with van der Waals surface area (Å²) in [7, 11) is 0. The number of rotatable bonds is 4. The molecule has 94 valence electrons. The molecule has 0 saturated carbocycles. The standard InChI is InChI=1S/C15H17NO2/c1-2-6-15-12(4-1)10-14(11-16-15)18-9-7-13-5-3-8-17-13/h1-2,4,6,10-11,13H,3,5,7-9H2. The summed E-state index contributed by atoms with van der Waals surface area (Å²) in [5.74, 6) is 0.840. The molecule has 0 radical (unpaired) electrons. The number of fused-ring (bicyclic) bond motifs is 1. The summed E-state index contributed by atoms with van der Waals surface area (Å²) in [6, 6.07) is 10.1. The number of para-hydroxylation sites is 1. The van der Waals surface area contributed by atoms with Crippen LogP contribution in [0.5, 0.6) is 5.75 Å². The fourth-order valence-electron chi connectivity index (χ4n) is 2.31. The summed E-state index contributed by atoms with van der Waals surface area (Å²) in [5.41, 5.74) is 1.00. The highest BCUT2D eigenvalue weighted by molar-refractivity contribution is 5.79. The molecule has 18 heavy (non-hydrogen) atoms. The molecule has 3 rings (SSSR count). The summed E-state index contributed by atoms with van der Waals surface area (Å²) >= 11 is 0. The zero-order chi connectivity index (χ0) is 12.2. The van der Waals surface area contributed by atoms with Gasteiger partial charge in [0.15, 0.2) is 0 Å². The van der Waals surface area contributed by atoms with Gasteiger partial charge in [0.25, 0.3) is 0 Å². The molecule has 0 spiro atoms. The first-order valence-electron chi connectivity index (χ1n) is 6.51. The molecule has 2 heterocycles. The molecule has 3 heteroatoms. The summed E-state index contributed by atoms with van der Waals surface area (Å²) in [6.07, 6.45) is 5.49. The fraction of sp³-hybridized carbons (Fsp3) is 0.400. The van der Waals surface area contributed by atoms with Crippen molar-refractivity contribution in [2.45, 2.75) is 25.4 Å². The second-order valence-electron chi connectivity index (χ2n) is 4.64. The molecule has 2 aromatic rings. The lowest BCUT2D eigenvalue weighted by atomic mass is 10.2. The average Bonchev–Trinajstić information content (AvgIpc) is 2.92. The van der Waals surface area contributed by atoms with Crippen molar-refractivity contribution in [3.05, 3.63) is 36.5 Å². The maximum atomic E-state index is 5.73. The Morgan fingerprint density at radius 2 is 2.28 bits per heavy atom. The minimum Gasteiger partial charge on any atom is -0.492 e. The van der Waals surface area contributed by atoms with Gasteiger partial charge in [-0.3, -0.25) is 4.98 Å². The van der Waals surface area contributed by atoms with E-state index in [1.165, 1.54) is 12.8 Å². The van der Waals surface area contributed by atoms with Crippen molar-refractivity contribution in [2.75, 3.05) is 13.2 Å². The lowest BCUT2D eigenvalue weighted by molar-refractivity contribution is 0.0903. The first-order valence-corrected chi connectivity index (χ1v) is 6.51. The van der Waals surface area contributed by atoms with Crippen molar-refractivity contribution in [1.29, 1.82) is 0 Å². The van der Waals surface area contributed by atoms with E-state index in [1.54, 1.807) is 6.20 Å². The number of ether oxygens (including phenoxy) is 2. The Kier molecular flexibility index (Phi) is 3.42. The van der Waals surface area contributed by atoms with Gasteiger partial charge in [0.2, 0.25) is 0 Å². The van der Waals surface area contributed by atoms with Gasteiger partial charge in [-0.15, -0.1) is 0 Å². The third kappa shape index (κ3) is 2.62. The molecular formula is C15H17NO2. The van der Waals surface area contributed by atoms with E-state index in [4.69, 9.17) is 9.47 Å². The van der Waals surface area contributed by atoms with Crippen LogP contribution in [0.1, 0.15) is 19.3 Å². The molecule has 1 fully saturated rings. The van der Waals surface area contributed by atoms with Crippen molar-refractivity contribution in [3.8, 4) is 5.75 Å². The molecule has 1 aromatic carbocycles. The van der Waals surface area contributed by atoms with Gasteiger partial charge in [0.05, 0.1) is 24.4 Å². The minimum absolute atomic E-state index is 0.387. The number of hydrogen-bond donors (Lipinski definition) is 0. The van der Waals surface area contributed by atoms with Gasteiger partial charge in [0, 0.05) is 18.4 Å². The van der Waals surface area contributed by atoms with E-state index in [1.807, 2.05) is 24.3 Å². The predicted molar refractivity (Wildman–Crippen MR) is 70.8 cm³/mol. The zero-order valence-electron chi connectivity index (χ0n) is 10.3. The van der Waals surface area contributed by atoms with Crippen LogP contribution >= 0.6 is 0 Å². The Morgan fingerprint density at radius 3 is 3.17 bits per heavy atom. The third-order valence-electron chi connectivity index (χ3n) is 3.30. The van der Waals surface area contributed by atoms with Crippen LogP contribution in [-0.4, -0.2) is 24.3 Å². The van der Waals surface area contributed by atoms with Crippen molar-refractivity contribution in [1.82, 2.24) is 4.98 Å². The summed E-state index contributed by atoms with van der Waals surface area (Å²) in [5, 5.41) is 1.12. The summed E-state index contributed by atoms with van der Waals surface area (Å²) in [4.78, 5) is 4.38. The number of aromatic nitrogens is 1. The molecule has 3 nitrogen and oxygen atoms in total. The van der Waals surface area contributed by atoms with Crippen molar-refractivity contribution < 1.29 is 9.47 Å². The SMILES string of the molecule is c1ccc2ncc(OCCC3CCCO3)cc2c1. The second-order valence-corrected chi connectivity index (χ2v) is 4.64. The number of hydrogen-bond acceptors (Lipinski definition) is 3. The van der Waals surface area contributed by atoms with Crippen LogP contribution in [0.25, 0.3) is 10.9 Å². The van der Waals surface area contributed by atoms with Gasteiger partial charge in [-0.2, -0.15) is 0 Å². The van der Waals surface area contributed by atoms with Crippen LogP contribution < -0.4 is 4.74 Å². The molecule has 1 unspecified atom stereocenters. The first kappa shape index (κ1) is 11.5. The second kappa shape index (κ2) is 5.36.